The molecular weight excluding hydrogens is 150 g/mol. The van der Waals surface area contributed by atoms with E-state index in [4.69, 9.17) is 5.26 Å². The molecule has 0 aromatic heterocycles. The number of nitrogens with one attached hydrogen (secondary N) is 1. The molecule has 0 fully saturated rings. The predicted octanol–water partition coefficient (Wildman–Crippen LogP) is 0.114. The molecule has 0 saturated heterocycles. The molecule has 64 valence electrons. The fraction of sp³-hybridized carbons (Fsp3) is 0.667. The molecular formula is C9H13N3. The average molecular weight is 163 g/mol. The lowest BCUT2D eigenvalue weighted by molar-refractivity contribution is 0.306. The molecule has 2 heterocycles. The molecule has 3 heteroatoms. The van der Waals surface area contributed by atoms with Gasteiger partial charge in [0.2, 0.25) is 0 Å². The Bertz CT molecular complexity index is 245. The Balaban J connectivity index is 2.00. The largest absolute Gasteiger partial charge is 0.309 e. The van der Waals surface area contributed by atoms with E-state index >= 15 is 0 Å². The van der Waals surface area contributed by atoms with E-state index < -0.39 is 0 Å². The van der Waals surface area contributed by atoms with Crippen LogP contribution in [-0.2, 0) is 0 Å². The second kappa shape index (κ2) is 2.89. The summed E-state index contributed by atoms with van der Waals surface area (Å²) in [7, 11) is 0. The SMILES string of the molecule is CC(C#N)N1CC2=C(CNC2)C1. The Labute approximate surface area is 72.7 Å². The zero-order valence-electron chi connectivity index (χ0n) is 7.30. The molecule has 0 aromatic carbocycles. The van der Waals surface area contributed by atoms with E-state index in [1.165, 1.54) is 11.1 Å². The van der Waals surface area contributed by atoms with Crippen molar-refractivity contribution in [1.82, 2.24) is 10.2 Å². The van der Waals surface area contributed by atoms with Crippen LogP contribution in [0.5, 0.6) is 0 Å². The molecule has 2 aliphatic heterocycles. The lowest BCUT2D eigenvalue weighted by Gasteiger charge is -2.19. The molecule has 0 aromatic rings. The van der Waals surface area contributed by atoms with Crippen LogP contribution < -0.4 is 5.32 Å². The Hall–Kier alpha value is -0.850. The second-order valence-corrected chi connectivity index (χ2v) is 3.52. The van der Waals surface area contributed by atoms with Crippen LogP contribution in [0.1, 0.15) is 6.92 Å². The smallest absolute Gasteiger partial charge is 0.0954 e. The van der Waals surface area contributed by atoms with Crippen LogP contribution in [0.4, 0.5) is 0 Å². The minimum atomic E-state index is 0.0654. The molecule has 0 saturated carbocycles. The highest BCUT2D eigenvalue weighted by molar-refractivity contribution is 5.30. The van der Waals surface area contributed by atoms with Crippen molar-refractivity contribution in [2.24, 2.45) is 0 Å². The van der Waals surface area contributed by atoms with Crippen LogP contribution in [0.25, 0.3) is 0 Å². The molecule has 0 spiro atoms. The molecule has 3 nitrogen and oxygen atoms in total. The minimum absolute atomic E-state index is 0.0654. The summed E-state index contributed by atoms with van der Waals surface area (Å²) in [6, 6.07) is 2.34. The zero-order chi connectivity index (χ0) is 8.55. The molecule has 1 unspecified atom stereocenters. The maximum Gasteiger partial charge on any atom is 0.0954 e. The predicted molar refractivity (Wildman–Crippen MR) is 46.5 cm³/mol. The first-order valence-corrected chi connectivity index (χ1v) is 4.35. The summed E-state index contributed by atoms with van der Waals surface area (Å²) < 4.78 is 0. The minimum Gasteiger partial charge on any atom is -0.309 e. The summed E-state index contributed by atoms with van der Waals surface area (Å²) in [5.74, 6) is 0. The highest BCUT2D eigenvalue weighted by Crippen LogP contribution is 2.21. The fourth-order valence-corrected chi connectivity index (χ4v) is 1.85. The Kier molecular flexibility index (Phi) is 1.87. The molecule has 2 aliphatic rings. The summed E-state index contributed by atoms with van der Waals surface area (Å²) >= 11 is 0. The third-order valence-electron chi connectivity index (χ3n) is 2.70. The maximum atomic E-state index is 8.73. The average Bonchev–Trinajstić information content (AvgIpc) is 2.60. The molecule has 0 radical (unpaired) electrons. The quantitative estimate of drug-likeness (QED) is 0.558. The van der Waals surface area contributed by atoms with Gasteiger partial charge in [-0.25, -0.2) is 0 Å². The normalized spacial score (nSPS) is 25.7. The van der Waals surface area contributed by atoms with Crippen LogP contribution in [0, 0.1) is 11.3 Å². The van der Waals surface area contributed by atoms with Gasteiger partial charge in [0.15, 0.2) is 0 Å². The summed E-state index contributed by atoms with van der Waals surface area (Å²) in [4.78, 5) is 2.23. The topological polar surface area (TPSA) is 39.1 Å². The highest BCUT2D eigenvalue weighted by atomic mass is 15.2. The third-order valence-corrected chi connectivity index (χ3v) is 2.70. The van der Waals surface area contributed by atoms with Gasteiger partial charge in [-0.2, -0.15) is 5.26 Å². The van der Waals surface area contributed by atoms with Crippen molar-refractivity contribution < 1.29 is 0 Å². The van der Waals surface area contributed by atoms with Gasteiger partial charge in [0.25, 0.3) is 0 Å². The van der Waals surface area contributed by atoms with Crippen molar-refractivity contribution in [3.8, 4) is 6.07 Å². The van der Waals surface area contributed by atoms with E-state index in [-0.39, 0.29) is 6.04 Å². The van der Waals surface area contributed by atoms with Crippen molar-refractivity contribution in [3.05, 3.63) is 11.1 Å². The fourth-order valence-electron chi connectivity index (χ4n) is 1.85. The van der Waals surface area contributed by atoms with Crippen molar-refractivity contribution in [2.75, 3.05) is 26.2 Å². The Morgan fingerprint density at radius 1 is 1.42 bits per heavy atom. The highest BCUT2D eigenvalue weighted by Gasteiger charge is 2.27. The van der Waals surface area contributed by atoms with E-state index in [9.17, 15) is 0 Å². The van der Waals surface area contributed by atoms with E-state index in [1.807, 2.05) is 6.92 Å². The van der Waals surface area contributed by atoms with E-state index in [0.29, 0.717) is 0 Å². The van der Waals surface area contributed by atoms with Crippen molar-refractivity contribution in [2.45, 2.75) is 13.0 Å². The van der Waals surface area contributed by atoms with Gasteiger partial charge in [-0.3, -0.25) is 4.90 Å². The summed E-state index contributed by atoms with van der Waals surface area (Å²) in [6.45, 7) is 6.03. The third kappa shape index (κ3) is 1.13. The first-order chi connectivity index (χ1) is 5.81. The Morgan fingerprint density at radius 3 is 2.50 bits per heavy atom. The zero-order valence-corrected chi connectivity index (χ0v) is 7.30. The molecule has 0 aliphatic carbocycles. The van der Waals surface area contributed by atoms with Gasteiger partial charge in [-0.05, 0) is 18.1 Å². The summed E-state index contributed by atoms with van der Waals surface area (Å²) in [5, 5.41) is 12.1. The first-order valence-electron chi connectivity index (χ1n) is 4.35. The summed E-state index contributed by atoms with van der Waals surface area (Å²) in [5.41, 5.74) is 3.02. The molecule has 1 N–H and O–H groups in total. The van der Waals surface area contributed by atoms with E-state index in [0.717, 1.165) is 26.2 Å². The van der Waals surface area contributed by atoms with Crippen LogP contribution in [0.3, 0.4) is 0 Å². The van der Waals surface area contributed by atoms with Gasteiger partial charge in [-0.15, -0.1) is 0 Å². The van der Waals surface area contributed by atoms with Gasteiger partial charge in [0, 0.05) is 26.2 Å². The van der Waals surface area contributed by atoms with Crippen LogP contribution in [-0.4, -0.2) is 37.1 Å². The number of rotatable bonds is 1. The van der Waals surface area contributed by atoms with Crippen LogP contribution in [0.15, 0.2) is 11.1 Å². The summed E-state index contributed by atoms with van der Waals surface area (Å²) in [6.07, 6.45) is 0. The molecule has 1 atom stereocenters. The van der Waals surface area contributed by atoms with Crippen LogP contribution in [0.2, 0.25) is 0 Å². The molecule has 2 rings (SSSR count). The van der Waals surface area contributed by atoms with E-state index in [2.05, 4.69) is 16.3 Å². The van der Waals surface area contributed by atoms with Gasteiger partial charge in [-0.1, -0.05) is 0 Å². The van der Waals surface area contributed by atoms with Crippen molar-refractivity contribution in [3.63, 3.8) is 0 Å². The monoisotopic (exact) mass is 163 g/mol. The lowest BCUT2D eigenvalue weighted by Crippen LogP contribution is -2.33. The maximum absolute atomic E-state index is 8.73. The van der Waals surface area contributed by atoms with Gasteiger partial charge < -0.3 is 5.32 Å². The lowest BCUT2D eigenvalue weighted by atomic mass is 10.2. The first kappa shape index (κ1) is 7.78. The van der Waals surface area contributed by atoms with Crippen molar-refractivity contribution in [1.29, 1.82) is 5.26 Å². The number of hydrogen-bond acceptors (Lipinski definition) is 3. The molecule has 12 heavy (non-hydrogen) atoms. The number of hydrogen-bond donors (Lipinski definition) is 1. The Morgan fingerprint density at radius 2 is 2.00 bits per heavy atom. The number of nitriles is 1. The number of nitrogens with zero attached hydrogens (tertiary/aromatic N) is 2. The molecule has 0 bridgehead atoms. The van der Waals surface area contributed by atoms with Gasteiger partial charge in [0.05, 0.1) is 12.1 Å². The van der Waals surface area contributed by atoms with Crippen molar-refractivity contribution >= 4 is 0 Å². The van der Waals surface area contributed by atoms with E-state index in [1.54, 1.807) is 0 Å². The molecule has 0 amide bonds. The van der Waals surface area contributed by atoms with Gasteiger partial charge in [0.1, 0.15) is 0 Å². The standard InChI is InChI=1S/C9H13N3/c1-7(2-10)12-5-8-3-11-4-9(8)6-12/h7,11H,3-6H2,1H3. The van der Waals surface area contributed by atoms with Crippen LogP contribution >= 0.6 is 0 Å². The van der Waals surface area contributed by atoms with Gasteiger partial charge >= 0.3 is 0 Å². The second-order valence-electron chi connectivity index (χ2n) is 3.52.